The van der Waals surface area contributed by atoms with Crippen molar-refractivity contribution in [2.24, 2.45) is 0 Å². The van der Waals surface area contributed by atoms with Gasteiger partial charge < -0.3 is 14.5 Å². The molecule has 2 atom stereocenters. The molecule has 5 rings (SSSR count). The number of allylic oxidation sites excluding steroid dienone is 2. The van der Waals surface area contributed by atoms with E-state index in [9.17, 15) is 18.0 Å². The molecule has 7 nitrogen and oxygen atoms in total. The molecule has 0 radical (unpaired) electrons. The number of fused-ring (bicyclic) bond motifs is 1. The summed E-state index contributed by atoms with van der Waals surface area (Å²) in [6.07, 6.45) is -2.57. The SMILES string of the molecule is CCOc1ccc(C2C3=C(CC(c4ccco4)CC3=O)Nc3nc(C(F)(F)F)nn32)cc1. The highest BCUT2D eigenvalue weighted by Gasteiger charge is 2.43. The van der Waals surface area contributed by atoms with Crippen LogP contribution < -0.4 is 10.1 Å². The molecule has 166 valence electrons. The third-order valence-electron chi connectivity index (χ3n) is 5.63. The zero-order valence-corrected chi connectivity index (χ0v) is 17.0. The Morgan fingerprint density at radius 2 is 2.00 bits per heavy atom. The zero-order valence-electron chi connectivity index (χ0n) is 17.0. The number of benzene rings is 1. The standard InChI is InChI=1S/C22H19F3N4O3/c1-2-31-14-7-5-12(6-8-14)19-18-15(10-13(11-16(18)30)17-4-3-9-32-17)26-21-27-20(22(23,24)25)28-29(19)21/h3-9,13,19H,2,10-11H2,1H3,(H,26,27,28). The highest BCUT2D eigenvalue weighted by molar-refractivity contribution is 6.00. The maximum Gasteiger partial charge on any atom is 0.453 e. The van der Waals surface area contributed by atoms with Crippen LogP contribution in [0.3, 0.4) is 0 Å². The van der Waals surface area contributed by atoms with Crippen LogP contribution in [0.25, 0.3) is 0 Å². The topological polar surface area (TPSA) is 82.2 Å². The molecule has 1 aliphatic heterocycles. The normalized spacial score (nSPS) is 20.6. The predicted octanol–water partition coefficient (Wildman–Crippen LogP) is 4.70. The van der Waals surface area contributed by atoms with Crippen LogP contribution in [0.4, 0.5) is 19.1 Å². The number of rotatable bonds is 4. The van der Waals surface area contributed by atoms with Crippen LogP contribution in [-0.2, 0) is 11.0 Å². The van der Waals surface area contributed by atoms with Gasteiger partial charge in [0.2, 0.25) is 5.95 Å². The van der Waals surface area contributed by atoms with Crippen molar-refractivity contribution in [2.45, 2.75) is 37.9 Å². The summed E-state index contributed by atoms with van der Waals surface area (Å²) in [5.41, 5.74) is 1.55. The number of hydrogen-bond donors (Lipinski definition) is 1. The average Bonchev–Trinajstić information content (AvgIpc) is 3.43. The second-order valence-electron chi connectivity index (χ2n) is 7.67. The first-order valence-corrected chi connectivity index (χ1v) is 10.2. The number of hydrogen-bond acceptors (Lipinski definition) is 6. The van der Waals surface area contributed by atoms with Crippen molar-refractivity contribution in [1.82, 2.24) is 14.8 Å². The third-order valence-corrected chi connectivity index (χ3v) is 5.63. The number of furan rings is 1. The third kappa shape index (κ3) is 3.45. The van der Waals surface area contributed by atoms with E-state index >= 15 is 0 Å². The Labute approximate surface area is 180 Å². The minimum Gasteiger partial charge on any atom is -0.494 e. The van der Waals surface area contributed by atoms with Crippen molar-refractivity contribution in [1.29, 1.82) is 0 Å². The summed E-state index contributed by atoms with van der Waals surface area (Å²) in [5, 5.41) is 6.64. The van der Waals surface area contributed by atoms with Gasteiger partial charge in [0.15, 0.2) is 5.78 Å². The van der Waals surface area contributed by atoms with Gasteiger partial charge in [0.25, 0.3) is 5.82 Å². The summed E-state index contributed by atoms with van der Waals surface area (Å²) in [6.45, 7) is 2.34. The fraction of sp³-hybridized carbons (Fsp3) is 0.318. The monoisotopic (exact) mass is 444 g/mol. The van der Waals surface area contributed by atoms with Gasteiger partial charge in [-0.15, -0.1) is 5.10 Å². The van der Waals surface area contributed by atoms with Gasteiger partial charge in [0.1, 0.15) is 17.6 Å². The van der Waals surface area contributed by atoms with Gasteiger partial charge in [0, 0.05) is 23.6 Å². The molecule has 10 heteroatoms. The molecule has 2 aromatic heterocycles. The van der Waals surface area contributed by atoms with Crippen molar-refractivity contribution < 1.29 is 27.1 Å². The van der Waals surface area contributed by atoms with E-state index in [1.54, 1.807) is 36.4 Å². The van der Waals surface area contributed by atoms with Gasteiger partial charge in [0.05, 0.1) is 12.9 Å². The van der Waals surface area contributed by atoms with E-state index < -0.39 is 18.0 Å². The Morgan fingerprint density at radius 3 is 2.66 bits per heavy atom. The van der Waals surface area contributed by atoms with E-state index in [2.05, 4.69) is 15.4 Å². The summed E-state index contributed by atoms with van der Waals surface area (Å²) in [5.74, 6) is -0.405. The molecule has 0 fully saturated rings. The fourth-order valence-electron chi connectivity index (χ4n) is 4.28. The van der Waals surface area contributed by atoms with Crippen LogP contribution in [-0.4, -0.2) is 27.2 Å². The highest BCUT2D eigenvalue weighted by atomic mass is 19.4. The van der Waals surface area contributed by atoms with Gasteiger partial charge in [-0.3, -0.25) is 4.79 Å². The lowest BCUT2D eigenvalue weighted by Gasteiger charge is -2.34. The van der Waals surface area contributed by atoms with Crippen LogP contribution >= 0.6 is 0 Å². The first kappa shape index (κ1) is 20.3. The summed E-state index contributed by atoms with van der Waals surface area (Å²) in [7, 11) is 0. The molecule has 3 aromatic rings. The Kier molecular flexibility index (Phi) is 4.79. The minimum atomic E-state index is -4.71. The van der Waals surface area contributed by atoms with Crippen molar-refractivity contribution >= 4 is 11.7 Å². The number of ether oxygens (including phenoxy) is 1. The molecule has 0 bridgehead atoms. The maximum atomic E-state index is 13.4. The number of aromatic nitrogens is 3. The molecule has 0 amide bonds. The second kappa shape index (κ2) is 7.54. The summed E-state index contributed by atoms with van der Waals surface area (Å²) >= 11 is 0. The first-order chi connectivity index (χ1) is 15.3. The molecule has 1 N–H and O–H groups in total. The lowest BCUT2D eigenvalue weighted by molar-refractivity contribution is -0.145. The van der Waals surface area contributed by atoms with E-state index in [1.807, 2.05) is 6.92 Å². The van der Waals surface area contributed by atoms with Crippen LogP contribution in [0.5, 0.6) is 5.75 Å². The molecule has 0 saturated heterocycles. The molecule has 1 aliphatic carbocycles. The maximum absolute atomic E-state index is 13.4. The quantitative estimate of drug-likeness (QED) is 0.628. The molecule has 32 heavy (non-hydrogen) atoms. The van der Waals surface area contributed by atoms with Gasteiger partial charge in [-0.25, -0.2) is 4.68 Å². The van der Waals surface area contributed by atoms with Crippen molar-refractivity contribution in [3.05, 3.63) is 71.1 Å². The predicted molar refractivity (Wildman–Crippen MR) is 107 cm³/mol. The van der Waals surface area contributed by atoms with Gasteiger partial charge in [-0.05, 0) is 43.2 Å². The van der Waals surface area contributed by atoms with Crippen LogP contribution in [0.2, 0.25) is 0 Å². The number of carbonyl (C=O) groups excluding carboxylic acids is 1. The molecule has 1 aromatic carbocycles. The molecule has 2 unspecified atom stereocenters. The molecule has 2 aliphatic rings. The van der Waals surface area contributed by atoms with Crippen molar-refractivity contribution in [3.8, 4) is 5.75 Å². The molecular weight excluding hydrogens is 425 g/mol. The number of nitrogens with one attached hydrogen (secondary N) is 1. The molecule has 3 heterocycles. The number of carbonyl (C=O) groups is 1. The van der Waals surface area contributed by atoms with Crippen molar-refractivity contribution in [2.75, 3.05) is 11.9 Å². The van der Waals surface area contributed by atoms with Crippen LogP contribution in [0.1, 0.15) is 48.9 Å². The van der Waals surface area contributed by atoms with E-state index in [-0.39, 0.29) is 24.1 Å². The first-order valence-electron chi connectivity index (χ1n) is 10.2. The molecular formula is C22H19F3N4O3. The Morgan fingerprint density at radius 1 is 1.22 bits per heavy atom. The number of alkyl halides is 3. The Hall–Kier alpha value is -3.56. The average molecular weight is 444 g/mol. The summed E-state index contributed by atoms with van der Waals surface area (Å²) < 4.78 is 52.2. The van der Waals surface area contributed by atoms with E-state index in [4.69, 9.17) is 9.15 Å². The van der Waals surface area contributed by atoms with E-state index in [1.165, 1.54) is 6.26 Å². The Bertz CT molecular complexity index is 1180. The number of halogens is 3. The number of nitrogens with zero attached hydrogens (tertiary/aromatic N) is 3. The highest BCUT2D eigenvalue weighted by Crippen LogP contribution is 2.45. The lowest BCUT2D eigenvalue weighted by Crippen LogP contribution is -2.33. The summed E-state index contributed by atoms with van der Waals surface area (Å²) in [4.78, 5) is 16.9. The molecule has 0 spiro atoms. The smallest absolute Gasteiger partial charge is 0.453 e. The number of ketones is 1. The number of Topliss-reactive ketones (excluding diaryl/α,β-unsaturated/α-hetero) is 1. The van der Waals surface area contributed by atoms with Gasteiger partial charge in [-0.2, -0.15) is 18.2 Å². The zero-order chi connectivity index (χ0) is 22.5. The van der Waals surface area contributed by atoms with Gasteiger partial charge in [-0.1, -0.05) is 12.1 Å². The second-order valence-corrected chi connectivity index (χ2v) is 7.67. The van der Waals surface area contributed by atoms with Crippen LogP contribution in [0.15, 0.2) is 58.3 Å². The van der Waals surface area contributed by atoms with Crippen molar-refractivity contribution in [3.63, 3.8) is 0 Å². The molecule has 0 saturated carbocycles. The van der Waals surface area contributed by atoms with E-state index in [0.717, 1.165) is 4.68 Å². The van der Waals surface area contributed by atoms with Gasteiger partial charge >= 0.3 is 6.18 Å². The Balaban J connectivity index is 1.61. The minimum absolute atomic E-state index is 0.0529. The summed E-state index contributed by atoms with van der Waals surface area (Å²) in [6, 6.07) is 9.62. The van der Waals surface area contributed by atoms with E-state index in [0.29, 0.717) is 41.4 Å². The largest absolute Gasteiger partial charge is 0.494 e. The lowest BCUT2D eigenvalue weighted by atomic mass is 9.79. The number of anilines is 1. The van der Waals surface area contributed by atoms with Crippen LogP contribution in [0, 0.1) is 0 Å². The fourth-order valence-corrected chi connectivity index (χ4v) is 4.28.